The molecule has 2 N–H and O–H groups in total. The highest BCUT2D eigenvalue weighted by molar-refractivity contribution is 5.88. The molecule has 0 spiro atoms. The number of H-pyrrole nitrogens is 2. The van der Waals surface area contributed by atoms with Gasteiger partial charge in [0.25, 0.3) is 0 Å². The molecule has 5 rings (SSSR count). The second-order valence-electron chi connectivity index (χ2n) is 9.22. The third-order valence-electron chi connectivity index (χ3n) is 7.28. The van der Waals surface area contributed by atoms with E-state index in [0.29, 0.717) is 11.8 Å². The average Bonchev–Trinajstić information content (AvgIpc) is 3.38. The molecule has 0 aliphatic heterocycles. The van der Waals surface area contributed by atoms with Gasteiger partial charge in [0.15, 0.2) is 0 Å². The number of para-hydroxylation sites is 2. The second-order valence-corrected chi connectivity index (χ2v) is 9.22. The molecule has 2 aromatic heterocycles. The monoisotopic (exact) mass is 398 g/mol. The molecule has 0 amide bonds. The SMILES string of the molecule is c1ccc2c(C(c3c[nH]c4ccccc34)C3CCCCCCCCCC3)c[nH]c2c1. The fraction of sp³-hybridized carbons (Fsp3) is 0.429. The number of rotatable bonds is 3. The van der Waals surface area contributed by atoms with Crippen LogP contribution in [0.25, 0.3) is 21.8 Å². The van der Waals surface area contributed by atoms with Crippen LogP contribution in [-0.4, -0.2) is 9.97 Å². The minimum absolute atomic E-state index is 0.443. The third-order valence-corrected chi connectivity index (χ3v) is 7.28. The van der Waals surface area contributed by atoms with E-state index in [1.165, 1.54) is 97.1 Å². The van der Waals surface area contributed by atoms with Gasteiger partial charge in [-0.2, -0.15) is 0 Å². The van der Waals surface area contributed by atoms with Crippen molar-refractivity contribution < 1.29 is 0 Å². The highest BCUT2D eigenvalue weighted by Crippen LogP contribution is 2.43. The Morgan fingerprint density at radius 2 is 1.00 bits per heavy atom. The summed E-state index contributed by atoms with van der Waals surface area (Å²) in [6.07, 6.45) is 18.5. The van der Waals surface area contributed by atoms with Crippen molar-refractivity contribution >= 4 is 21.8 Å². The summed E-state index contributed by atoms with van der Waals surface area (Å²) in [6, 6.07) is 17.7. The Balaban J connectivity index is 1.60. The van der Waals surface area contributed by atoms with E-state index < -0.39 is 0 Å². The van der Waals surface area contributed by atoms with Gasteiger partial charge < -0.3 is 9.97 Å². The van der Waals surface area contributed by atoms with Crippen molar-refractivity contribution in [1.82, 2.24) is 9.97 Å². The molecular formula is C28H34N2. The molecule has 1 aliphatic carbocycles. The lowest BCUT2D eigenvalue weighted by molar-refractivity contribution is 0.378. The zero-order valence-corrected chi connectivity index (χ0v) is 18.0. The van der Waals surface area contributed by atoms with Crippen LogP contribution in [0.2, 0.25) is 0 Å². The van der Waals surface area contributed by atoms with Crippen LogP contribution in [0.3, 0.4) is 0 Å². The van der Waals surface area contributed by atoms with Gasteiger partial charge in [0.2, 0.25) is 0 Å². The molecule has 0 radical (unpaired) electrons. The second kappa shape index (κ2) is 9.12. The van der Waals surface area contributed by atoms with Crippen LogP contribution in [-0.2, 0) is 0 Å². The molecule has 1 saturated carbocycles. The van der Waals surface area contributed by atoms with E-state index in [1.807, 2.05) is 0 Å². The fourth-order valence-electron chi connectivity index (χ4n) is 5.73. The van der Waals surface area contributed by atoms with E-state index in [1.54, 1.807) is 0 Å². The molecule has 0 unspecified atom stereocenters. The average molecular weight is 399 g/mol. The summed E-state index contributed by atoms with van der Waals surface area (Å²) in [5.41, 5.74) is 5.48. The van der Waals surface area contributed by atoms with Crippen molar-refractivity contribution in [2.75, 3.05) is 0 Å². The maximum Gasteiger partial charge on any atom is 0.0457 e. The van der Waals surface area contributed by atoms with Crippen LogP contribution in [0.15, 0.2) is 60.9 Å². The Labute approximate surface area is 180 Å². The number of aromatic amines is 2. The van der Waals surface area contributed by atoms with E-state index >= 15 is 0 Å². The fourth-order valence-corrected chi connectivity index (χ4v) is 5.73. The van der Waals surface area contributed by atoms with Crippen molar-refractivity contribution in [3.8, 4) is 0 Å². The van der Waals surface area contributed by atoms with E-state index in [9.17, 15) is 0 Å². The minimum Gasteiger partial charge on any atom is -0.361 e. The molecule has 0 atom stereocenters. The van der Waals surface area contributed by atoms with Gasteiger partial charge in [-0.1, -0.05) is 87.8 Å². The van der Waals surface area contributed by atoms with Crippen LogP contribution in [0.5, 0.6) is 0 Å². The van der Waals surface area contributed by atoms with Crippen molar-refractivity contribution in [2.45, 2.75) is 70.1 Å². The van der Waals surface area contributed by atoms with E-state index in [0.717, 1.165) is 0 Å². The molecule has 0 bridgehead atoms. The van der Waals surface area contributed by atoms with Crippen molar-refractivity contribution in [1.29, 1.82) is 0 Å². The summed E-state index contributed by atoms with van der Waals surface area (Å²) in [4.78, 5) is 7.14. The zero-order valence-electron chi connectivity index (χ0n) is 18.0. The lowest BCUT2D eigenvalue weighted by Crippen LogP contribution is -2.15. The number of nitrogens with one attached hydrogen (secondary N) is 2. The Kier molecular flexibility index (Phi) is 5.92. The van der Waals surface area contributed by atoms with E-state index in [-0.39, 0.29) is 0 Å². The lowest BCUT2D eigenvalue weighted by atomic mass is 9.75. The summed E-state index contributed by atoms with van der Waals surface area (Å²) in [6.45, 7) is 0. The molecule has 1 aliphatic rings. The first kappa shape index (κ1) is 19.5. The Hall–Kier alpha value is -2.48. The molecular weight excluding hydrogens is 364 g/mol. The van der Waals surface area contributed by atoms with Gasteiger partial charge in [0, 0.05) is 40.1 Å². The molecule has 4 aromatic rings. The highest BCUT2D eigenvalue weighted by atomic mass is 14.7. The zero-order chi connectivity index (χ0) is 20.2. The van der Waals surface area contributed by atoms with Gasteiger partial charge >= 0.3 is 0 Å². The topological polar surface area (TPSA) is 31.6 Å². The highest BCUT2D eigenvalue weighted by Gasteiger charge is 2.29. The van der Waals surface area contributed by atoms with Gasteiger partial charge in [-0.25, -0.2) is 0 Å². The standard InChI is InChI=1S/C28H34N2/c1-2-4-6-8-14-21(13-7-5-3-1)28(24-19-29-26-17-11-9-15-22(24)26)25-20-30-27-18-12-10-16-23(25)27/h9-12,15-21,28-30H,1-8,13-14H2. The predicted molar refractivity (Wildman–Crippen MR) is 128 cm³/mol. The molecule has 156 valence electrons. The van der Waals surface area contributed by atoms with Crippen LogP contribution in [0.1, 0.15) is 81.3 Å². The number of benzene rings is 2. The van der Waals surface area contributed by atoms with E-state index in [4.69, 9.17) is 0 Å². The molecule has 2 nitrogen and oxygen atoms in total. The predicted octanol–water partition coefficient (Wildman–Crippen LogP) is 8.31. The third kappa shape index (κ3) is 3.93. The van der Waals surface area contributed by atoms with Crippen LogP contribution >= 0.6 is 0 Å². The quantitative estimate of drug-likeness (QED) is 0.348. The largest absolute Gasteiger partial charge is 0.361 e. The Bertz CT molecular complexity index is 1000. The van der Waals surface area contributed by atoms with Gasteiger partial charge in [-0.3, -0.25) is 0 Å². The van der Waals surface area contributed by atoms with Crippen molar-refractivity contribution in [3.05, 3.63) is 72.1 Å². The molecule has 1 fully saturated rings. The maximum atomic E-state index is 3.57. The normalized spacial score (nSPS) is 17.5. The number of hydrogen-bond acceptors (Lipinski definition) is 0. The van der Waals surface area contributed by atoms with Gasteiger partial charge in [0.1, 0.15) is 0 Å². The molecule has 2 heteroatoms. The summed E-state index contributed by atoms with van der Waals surface area (Å²) in [5.74, 6) is 1.14. The minimum atomic E-state index is 0.443. The molecule has 0 saturated heterocycles. The molecule has 30 heavy (non-hydrogen) atoms. The van der Waals surface area contributed by atoms with Crippen molar-refractivity contribution in [2.24, 2.45) is 5.92 Å². The first-order valence-electron chi connectivity index (χ1n) is 12.0. The van der Waals surface area contributed by atoms with Crippen LogP contribution < -0.4 is 0 Å². The van der Waals surface area contributed by atoms with Crippen LogP contribution in [0, 0.1) is 5.92 Å². The molecule has 2 aromatic carbocycles. The smallest absolute Gasteiger partial charge is 0.0457 e. The Morgan fingerprint density at radius 1 is 0.567 bits per heavy atom. The van der Waals surface area contributed by atoms with Gasteiger partial charge in [-0.15, -0.1) is 0 Å². The number of hydrogen-bond donors (Lipinski definition) is 2. The van der Waals surface area contributed by atoms with Gasteiger partial charge in [0.05, 0.1) is 0 Å². The number of fused-ring (bicyclic) bond motifs is 2. The first-order chi connectivity index (χ1) is 14.9. The first-order valence-corrected chi connectivity index (χ1v) is 12.0. The van der Waals surface area contributed by atoms with Crippen molar-refractivity contribution in [3.63, 3.8) is 0 Å². The summed E-state index contributed by atoms with van der Waals surface area (Å²) >= 11 is 0. The summed E-state index contributed by atoms with van der Waals surface area (Å²) < 4.78 is 0. The summed E-state index contributed by atoms with van der Waals surface area (Å²) in [5, 5.41) is 2.78. The lowest BCUT2D eigenvalue weighted by Gasteiger charge is -2.28. The van der Waals surface area contributed by atoms with E-state index in [2.05, 4.69) is 70.9 Å². The maximum absolute atomic E-state index is 3.57. The summed E-state index contributed by atoms with van der Waals surface area (Å²) in [7, 11) is 0. The number of aromatic nitrogens is 2. The van der Waals surface area contributed by atoms with Crippen LogP contribution in [0.4, 0.5) is 0 Å². The Morgan fingerprint density at radius 3 is 1.50 bits per heavy atom. The van der Waals surface area contributed by atoms with Gasteiger partial charge in [-0.05, 0) is 42.0 Å². The molecule has 2 heterocycles.